The number of carbonyl (C=O) groups is 1. The Morgan fingerprint density at radius 3 is 2.40 bits per heavy atom. The lowest BCUT2D eigenvalue weighted by molar-refractivity contribution is 0.187. The molecule has 1 aromatic heterocycles. The Bertz CT molecular complexity index is 740. The minimum absolute atomic E-state index is 0.379. The lowest BCUT2D eigenvalue weighted by Crippen LogP contribution is -2.47. The molecule has 7 heteroatoms. The Balaban J connectivity index is 1.62. The molecule has 1 aromatic carbocycles. The van der Waals surface area contributed by atoms with Gasteiger partial charge in [0.25, 0.3) is 0 Å². The Kier molecular flexibility index (Phi) is 5.02. The number of rotatable bonds is 3. The molecule has 1 aliphatic heterocycles. The fourth-order valence-corrected chi connectivity index (χ4v) is 2.97. The highest BCUT2D eigenvalue weighted by atomic mass is 16.5. The van der Waals surface area contributed by atoms with E-state index in [2.05, 4.69) is 62.1 Å². The van der Waals surface area contributed by atoms with Gasteiger partial charge in [-0.05, 0) is 43.2 Å². The summed E-state index contributed by atoms with van der Waals surface area (Å²) in [5.41, 5.74) is 3.97. The third-order valence-electron chi connectivity index (χ3n) is 4.59. The Morgan fingerprint density at radius 1 is 1.04 bits per heavy atom. The number of benzene rings is 1. The molecule has 0 unspecified atom stereocenters. The summed E-state index contributed by atoms with van der Waals surface area (Å²) >= 11 is 0. The SMILES string of the molecule is COC(=O)Nc1ccc(N2CCN(c3cccc(C)c3C)CC2)nn1. The number of hydrogen-bond donors (Lipinski definition) is 1. The number of methoxy groups -OCH3 is 1. The van der Waals surface area contributed by atoms with E-state index < -0.39 is 6.09 Å². The highest BCUT2D eigenvalue weighted by molar-refractivity contribution is 5.83. The molecule has 1 N–H and O–H groups in total. The number of carbonyl (C=O) groups excluding carboxylic acids is 1. The minimum atomic E-state index is -0.552. The molecule has 25 heavy (non-hydrogen) atoms. The van der Waals surface area contributed by atoms with Gasteiger partial charge in [0, 0.05) is 31.9 Å². The van der Waals surface area contributed by atoms with Crippen molar-refractivity contribution in [2.45, 2.75) is 13.8 Å². The van der Waals surface area contributed by atoms with Gasteiger partial charge in [0.05, 0.1) is 7.11 Å². The van der Waals surface area contributed by atoms with E-state index in [4.69, 9.17) is 0 Å². The number of anilines is 3. The number of nitrogens with zero attached hydrogens (tertiary/aromatic N) is 4. The Hall–Kier alpha value is -2.83. The maximum atomic E-state index is 11.2. The fourth-order valence-electron chi connectivity index (χ4n) is 2.97. The molecular formula is C18H23N5O2. The molecule has 1 aliphatic rings. The van der Waals surface area contributed by atoms with Gasteiger partial charge in [0.15, 0.2) is 11.6 Å². The quantitative estimate of drug-likeness (QED) is 0.925. The third-order valence-corrected chi connectivity index (χ3v) is 4.59. The van der Waals surface area contributed by atoms with E-state index in [9.17, 15) is 4.79 Å². The normalized spacial score (nSPS) is 14.4. The predicted octanol–water partition coefficient (Wildman–Crippen LogP) is 2.60. The second-order valence-electron chi connectivity index (χ2n) is 6.09. The lowest BCUT2D eigenvalue weighted by atomic mass is 10.1. The average Bonchev–Trinajstić information content (AvgIpc) is 2.65. The summed E-state index contributed by atoms with van der Waals surface area (Å²) in [6, 6.07) is 10.0. The maximum absolute atomic E-state index is 11.2. The van der Waals surface area contributed by atoms with E-state index in [1.54, 1.807) is 6.07 Å². The summed E-state index contributed by atoms with van der Waals surface area (Å²) in [6.45, 7) is 7.96. The summed E-state index contributed by atoms with van der Waals surface area (Å²) in [4.78, 5) is 15.8. The van der Waals surface area contributed by atoms with Crippen LogP contribution in [0.3, 0.4) is 0 Å². The van der Waals surface area contributed by atoms with Crippen molar-refractivity contribution in [2.24, 2.45) is 0 Å². The van der Waals surface area contributed by atoms with Gasteiger partial charge in [0.2, 0.25) is 0 Å². The molecule has 0 aliphatic carbocycles. The van der Waals surface area contributed by atoms with Crippen LogP contribution in [0.25, 0.3) is 0 Å². The molecule has 0 saturated carbocycles. The van der Waals surface area contributed by atoms with Crippen molar-refractivity contribution >= 4 is 23.4 Å². The molecule has 1 amide bonds. The molecule has 0 radical (unpaired) electrons. The smallest absolute Gasteiger partial charge is 0.412 e. The van der Waals surface area contributed by atoms with Crippen LogP contribution in [-0.4, -0.2) is 49.6 Å². The molecule has 7 nitrogen and oxygen atoms in total. The van der Waals surface area contributed by atoms with Crippen LogP contribution < -0.4 is 15.1 Å². The first-order valence-electron chi connectivity index (χ1n) is 8.33. The second-order valence-corrected chi connectivity index (χ2v) is 6.09. The van der Waals surface area contributed by atoms with Gasteiger partial charge in [0.1, 0.15) is 0 Å². The highest BCUT2D eigenvalue weighted by Gasteiger charge is 2.20. The van der Waals surface area contributed by atoms with Crippen molar-refractivity contribution in [1.29, 1.82) is 0 Å². The number of piperazine rings is 1. The van der Waals surface area contributed by atoms with Crippen LogP contribution >= 0.6 is 0 Å². The molecule has 1 fully saturated rings. The molecule has 132 valence electrons. The molecular weight excluding hydrogens is 318 g/mol. The largest absolute Gasteiger partial charge is 0.453 e. The number of hydrogen-bond acceptors (Lipinski definition) is 6. The monoisotopic (exact) mass is 341 g/mol. The number of amides is 1. The highest BCUT2D eigenvalue weighted by Crippen LogP contribution is 2.24. The van der Waals surface area contributed by atoms with Crippen LogP contribution in [0, 0.1) is 13.8 Å². The molecule has 0 atom stereocenters. The van der Waals surface area contributed by atoms with E-state index in [1.165, 1.54) is 23.9 Å². The van der Waals surface area contributed by atoms with Crippen molar-refractivity contribution in [3.05, 3.63) is 41.5 Å². The first-order chi connectivity index (χ1) is 12.1. The van der Waals surface area contributed by atoms with Gasteiger partial charge in [-0.3, -0.25) is 5.32 Å². The van der Waals surface area contributed by atoms with Gasteiger partial charge < -0.3 is 14.5 Å². The molecule has 3 rings (SSSR count). The van der Waals surface area contributed by atoms with Gasteiger partial charge in [-0.15, -0.1) is 10.2 Å². The number of nitrogens with one attached hydrogen (secondary N) is 1. The summed E-state index contributed by atoms with van der Waals surface area (Å²) < 4.78 is 4.54. The van der Waals surface area contributed by atoms with Crippen molar-refractivity contribution in [2.75, 3.05) is 48.4 Å². The molecule has 0 bridgehead atoms. The third kappa shape index (κ3) is 3.81. The van der Waals surface area contributed by atoms with Crippen molar-refractivity contribution in [1.82, 2.24) is 10.2 Å². The standard InChI is InChI=1S/C18H23N5O2/c1-13-5-4-6-15(14(13)2)22-9-11-23(12-10-22)17-8-7-16(20-21-17)19-18(24)25-3/h4-8H,9-12H2,1-3H3,(H,19,20,24). The number of aryl methyl sites for hydroxylation is 1. The molecule has 2 aromatic rings. The van der Waals surface area contributed by atoms with Crippen LogP contribution in [-0.2, 0) is 4.74 Å². The molecule has 2 heterocycles. The second kappa shape index (κ2) is 7.38. The van der Waals surface area contributed by atoms with E-state index in [0.717, 1.165) is 32.0 Å². The van der Waals surface area contributed by atoms with Crippen molar-refractivity contribution < 1.29 is 9.53 Å². The maximum Gasteiger partial charge on any atom is 0.412 e. The first-order valence-corrected chi connectivity index (χ1v) is 8.33. The van der Waals surface area contributed by atoms with E-state index >= 15 is 0 Å². The van der Waals surface area contributed by atoms with Crippen LogP contribution in [0.5, 0.6) is 0 Å². The summed E-state index contributed by atoms with van der Waals surface area (Å²) in [5, 5.41) is 10.7. The zero-order valence-corrected chi connectivity index (χ0v) is 14.8. The van der Waals surface area contributed by atoms with Gasteiger partial charge in [-0.2, -0.15) is 0 Å². The van der Waals surface area contributed by atoms with E-state index in [1.807, 2.05) is 6.07 Å². The molecule has 0 spiro atoms. The average molecular weight is 341 g/mol. The summed E-state index contributed by atoms with van der Waals surface area (Å²) in [6.07, 6.45) is -0.552. The molecule has 1 saturated heterocycles. The topological polar surface area (TPSA) is 70.6 Å². The van der Waals surface area contributed by atoms with Gasteiger partial charge >= 0.3 is 6.09 Å². The summed E-state index contributed by atoms with van der Waals surface area (Å²) in [7, 11) is 1.31. The van der Waals surface area contributed by atoms with Gasteiger partial charge in [-0.1, -0.05) is 12.1 Å². The first kappa shape index (κ1) is 17.0. The van der Waals surface area contributed by atoms with E-state index in [0.29, 0.717) is 5.82 Å². The van der Waals surface area contributed by atoms with Crippen molar-refractivity contribution in [3.63, 3.8) is 0 Å². The zero-order valence-electron chi connectivity index (χ0n) is 14.8. The Labute approximate surface area is 147 Å². The summed E-state index contributed by atoms with van der Waals surface area (Å²) in [5.74, 6) is 1.20. The van der Waals surface area contributed by atoms with Gasteiger partial charge in [-0.25, -0.2) is 4.79 Å². The predicted molar refractivity (Wildman–Crippen MR) is 98.4 cm³/mol. The fraction of sp³-hybridized carbons (Fsp3) is 0.389. The number of ether oxygens (including phenoxy) is 1. The van der Waals surface area contributed by atoms with Crippen molar-refractivity contribution in [3.8, 4) is 0 Å². The Morgan fingerprint density at radius 2 is 1.76 bits per heavy atom. The lowest BCUT2D eigenvalue weighted by Gasteiger charge is -2.37. The van der Waals surface area contributed by atoms with Crippen LogP contribution in [0.1, 0.15) is 11.1 Å². The van der Waals surface area contributed by atoms with Crippen LogP contribution in [0.2, 0.25) is 0 Å². The van der Waals surface area contributed by atoms with E-state index in [-0.39, 0.29) is 0 Å². The minimum Gasteiger partial charge on any atom is -0.453 e. The number of aromatic nitrogens is 2. The zero-order chi connectivity index (χ0) is 17.8. The van der Waals surface area contributed by atoms with Crippen LogP contribution in [0.15, 0.2) is 30.3 Å². The van der Waals surface area contributed by atoms with Crippen LogP contribution in [0.4, 0.5) is 22.1 Å².